The van der Waals surface area contributed by atoms with Crippen molar-refractivity contribution < 1.29 is 74.2 Å². The van der Waals surface area contributed by atoms with Crippen LogP contribution in [0.25, 0.3) is 0 Å². The van der Waals surface area contributed by atoms with Gasteiger partial charge in [0.2, 0.25) is 0 Å². The summed E-state index contributed by atoms with van der Waals surface area (Å²) in [4.78, 5) is -0.435. The molecule has 0 saturated heterocycles. The van der Waals surface area contributed by atoms with Crippen molar-refractivity contribution in [3.05, 3.63) is 48.0 Å². The number of ether oxygens (including phenoxy) is 1. The largest absolute Gasteiger partial charge is 1.00 e. The molecule has 0 aromatic heterocycles. The van der Waals surface area contributed by atoms with E-state index in [0.717, 1.165) is 30.5 Å². The van der Waals surface area contributed by atoms with E-state index in [0.29, 0.717) is 5.75 Å². The van der Waals surface area contributed by atoms with Gasteiger partial charge in [0.1, 0.15) is 11.5 Å². The first-order valence-corrected chi connectivity index (χ1v) is 13.4. The van der Waals surface area contributed by atoms with Crippen LogP contribution in [0.2, 0.25) is 0 Å². The fourth-order valence-electron chi connectivity index (χ4n) is 3.79. The Balaban J connectivity index is 0.00000544. The molecule has 7 heteroatoms. The van der Waals surface area contributed by atoms with Gasteiger partial charge >= 0.3 is 51.4 Å². The SMILES string of the molecule is CCCCCCCCCCCCCCc1cccc(Oc2ccc(S(=O)(=O)O)cc2[O-])c1.[K+]. The van der Waals surface area contributed by atoms with Gasteiger partial charge in [0.05, 0.1) is 4.90 Å². The monoisotopic (exact) mass is 500 g/mol. The third kappa shape index (κ3) is 12.7. The average Bonchev–Trinajstić information content (AvgIpc) is 2.75. The van der Waals surface area contributed by atoms with E-state index in [2.05, 4.69) is 6.92 Å². The maximum absolute atomic E-state index is 12.1. The van der Waals surface area contributed by atoms with Gasteiger partial charge in [0.15, 0.2) is 0 Å². The summed E-state index contributed by atoms with van der Waals surface area (Å²) in [6.45, 7) is 2.25. The van der Waals surface area contributed by atoms with Crippen molar-refractivity contribution in [1.29, 1.82) is 0 Å². The predicted octanol–water partition coefficient (Wildman–Crippen LogP) is 4.05. The van der Waals surface area contributed by atoms with Gasteiger partial charge in [0.25, 0.3) is 10.1 Å². The summed E-state index contributed by atoms with van der Waals surface area (Å²) in [5, 5.41) is 12.1. The number of unbranched alkanes of at least 4 members (excludes halogenated alkanes) is 11. The minimum atomic E-state index is -4.40. The number of benzene rings is 2. The van der Waals surface area contributed by atoms with Gasteiger partial charge in [-0.05, 0) is 48.7 Å². The summed E-state index contributed by atoms with van der Waals surface area (Å²) in [5.74, 6) is -0.0236. The molecule has 0 aliphatic carbocycles. The van der Waals surface area contributed by atoms with Crippen LogP contribution in [-0.2, 0) is 16.5 Å². The van der Waals surface area contributed by atoms with E-state index in [1.807, 2.05) is 18.2 Å². The van der Waals surface area contributed by atoms with E-state index < -0.39 is 20.8 Å². The maximum atomic E-state index is 12.1. The van der Waals surface area contributed by atoms with Crippen molar-refractivity contribution in [2.45, 2.75) is 95.3 Å². The third-order valence-corrected chi connectivity index (χ3v) is 6.51. The molecule has 0 bridgehead atoms. The minimum Gasteiger partial charge on any atom is -0.870 e. The van der Waals surface area contributed by atoms with Gasteiger partial charge in [-0.25, -0.2) is 0 Å². The summed E-state index contributed by atoms with van der Waals surface area (Å²) >= 11 is 0. The zero-order valence-electron chi connectivity index (χ0n) is 20.2. The molecule has 33 heavy (non-hydrogen) atoms. The molecule has 0 amide bonds. The van der Waals surface area contributed by atoms with E-state index in [1.165, 1.54) is 76.7 Å². The molecule has 0 atom stereocenters. The summed E-state index contributed by atoms with van der Waals surface area (Å²) in [7, 11) is -4.40. The molecule has 2 aromatic rings. The first kappa shape index (κ1) is 30.6. The Morgan fingerprint density at radius 3 is 1.94 bits per heavy atom. The summed E-state index contributed by atoms with van der Waals surface area (Å²) in [6.07, 6.45) is 16.8. The smallest absolute Gasteiger partial charge is 0.870 e. The Hall–Kier alpha value is -0.414. The molecule has 2 rings (SSSR count). The van der Waals surface area contributed by atoms with Gasteiger partial charge in [-0.2, -0.15) is 8.42 Å². The zero-order valence-corrected chi connectivity index (χ0v) is 24.2. The second kappa shape index (κ2) is 17.1. The van der Waals surface area contributed by atoms with Gasteiger partial charge in [-0.15, -0.1) is 0 Å². The van der Waals surface area contributed by atoms with Crippen molar-refractivity contribution >= 4 is 10.1 Å². The Kier molecular flexibility index (Phi) is 15.9. The Labute approximate surface area is 242 Å². The molecule has 0 heterocycles. The molecule has 0 spiro atoms. The van der Waals surface area contributed by atoms with Crippen LogP contribution in [-0.4, -0.2) is 13.0 Å². The van der Waals surface area contributed by atoms with Crippen LogP contribution in [0.15, 0.2) is 47.4 Å². The van der Waals surface area contributed by atoms with Gasteiger partial charge in [-0.3, -0.25) is 4.55 Å². The molecule has 5 nitrogen and oxygen atoms in total. The predicted molar refractivity (Wildman–Crippen MR) is 127 cm³/mol. The van der Waals surface area contributed by atoms with Gasteiger partial charge in [-0.1, -0.05) is 95.4 Å². The first-order valence-electron chi connectivity index (χ1n) is 12.0. The molecular formula is C26H37KO5S. The molecule has 0 aliphatic rings. The molecule has 0 unspecified atom stereocenters. The Morgan fingerprint density at radius 2 is 1.39 bits per heavy atom. The molecule has 1 N–H and O–H groups in total. The van der Waals surface area contributed by atoms with Crippen LogP contribution in [0.1, 0.15) is 89.5 Å². The average molecular weight is 501 g/mol. The number of hydrogen-bond donors (Lipinski definition) is 1. The van der Waals surface area contributed by atoms with E-state index in [4.69, 9.17) is 9.29 Å². The molecule has 0 fully saturated rings. The second-order valence-corrected chi connectivity index (χ2v) is 9.89. The summed E-state index contributed by atoms with van der Waals surface area (Å²) < 4.78 is 36.9. The maximum Gasteiger partial charge on any atom is 1.00 e. The van der Waals surface area contributed by atoms with Crippen LogP contribution in [0.3, 0.4) is 0 Å². The normalized spacial score (nSPS) is 11.2. The van der Waals surface area contributed by atoms with Crippen LogP contribution in [0.5, 0.6) is 17.2 Å². The van der Waals surface area contributed by atoms with Gasteiger partial charge < -0.3 is 9.84 Å². The summed E-state index contributed by atoms with van der Waals surface area (Å²) in [6, 6.07) is 10.9. The molecule has 0 radical (unpaired) electrons. The van der Waals surface area contributed by atoms with E-state index >= 15 is 0 Å². The van der Waals surface area contributed by atoms with Crippen LogP contribution in [0.4, 0.5) is 0 Å². The Bertz CT molecular complexity index is 915. The van der Waals surface area contributed by atoms with E-state index in [1.54, 1.807) is 6.07 Å². The van der Waals surface area contributed by atoms with E-state index in [9.17, 15) is 13.5 Å². The van der Waals surface area contributed by atoms with Crippen LogP contribution < -0.4 is 61.2 Å². The van der Waals surface area contributed by atoms with Crippen molar-refractivity contribution in [2.75, 3.05) is 0 Å². The number of rotatable bonds is 16. The zero-order chi connectivity index (χ0) is 23.2. The van der Waals surface area contributed by atoms with Crippen LogP contribution in [0, 0.1) is 0 Å². The van der Waals surface area contributed by atoms with Crippen molar-refractivity contribution in [3.8, 4) is 17.2 Å². The fraction of sp³-hybridized carbons (Fsp3) is 0.538. The molecule has 2 aromatic carbocycles. The number of aryl methyl sites for hydroxylation is 1. The van der Waals surface area contributed by atoms with E-state index in [-0.39, 0.29) is 57.1 Å². The molecule has 0 saturated carbocycles. The standard InChI is InChI=1S/C26H38O5S.K/c1-2-3-4-5-6-7-8-9-10-11-12-13-15-22-16-14-17-23(20-22)31-26-19-18-24(21-25(26)27)32(28,29)30;/h14,16-21,27H,2-13,15H2,1H3,(H,28,29,30);/q;+1/p-1. The Morgan fingerprint density at radius 1 is 0.818 bits per heavy atom. The molecule has 178 valence electrons. The first-order chi connectivity index (χ1) is 15.4. The topological polar surface area (TPSA) is 86.7 Å². The van der Waals surface area contributed by atoms with Crippen molar-refractivity contribution in [3.63, 3.8) is 0 Å². The number of hydrogen-bond acceptors (Lipinski definition) is 4. The van der Waals surface area contributed by atoms with Gasteiger partial charge in [0, 0.05) is 0 Å². The van der Waals surface area contributed by atoms with Crippen LogP contribution >= 0.6 is 0 Å². The van der Waals surface area contributed by atoms with Crippen molar-refractivity contribution in [2.24, 2.45) is 0 Å². The third-order valence-electron chi connectivity index (χ3n) is 5.66. The summed E-state index contributed by atoms with van der Waals surface area (Å²) in [5.41, 5.74) is 1.15. The van der Waals surface area contributed by atoms with Crippen molar-refractivity contribution in [1.82, 2.24) is 0 Å². The fourth-order valence-corrected chi connectivity index (χ4v) is 4.29. The minimum absolute atomic E-state index is 0. The second-order valence-electron chi connectivity index (χ2n) is 8.47. The quantitative estimate of drug-likeness (QED) is 0.213. The molecule has 0 aliphatic heterocycles. The molecular weight excluding hydrogens is 463 g/mol.